The molecular formula is C11H10O4. The first-order chi connectivity index (χ1) is 7.31. The maximum atomic E-state index is 11.1. The van der Waals surface area contributed by atoms with Gasteiger partial charge in [-0.05, 0) is 0 Å². The van der Waals surface area contributed by atoms with Gasteiger partial charge in [0.25, 0.3) is 0 Å². The summed E-state index contributed by atoms with van der Waals surface area (Å²) in [4.78, 5) is 20.9. The molecule has 4 nitrogen and oxygen atoms in total. The predicted molar refractivity (Wildman–Crippen MR) is 52.4 cm³/mol. The molecule has 0 fully saturated rings. The second-order valence-corrected chi connectivity index (χ2v) is 3.02. The molecule has 2 rings (SSSR count). The van der Waals surface area contributed by atoms with E-state index in [9.17, 15) is 4.79 Å². The minimum Gasteiger partial charge on any atom is -0.467 e. The Morgan fingerprint density at radius 2 is 2.07 bits per heavy atom. The number of benzene rings is 1. The second-order valence-electron chi connectivity index (χ2n) is 3.02. The molecule has 0 aliphatic carbocycles. The van der Waals surface area contributed by atoms with Gasteiger partial charge in [-0.15, -0.1) is 0 Å². The van der Waals surface area contributed by atoms with E-state index in [0.717, 1.165) is 5.56 Å². The number of hydrogen-bond donors (Lipinski definition) is 0. The standard InChI is InChI=1S/C11H10O4/c1-13-11(12)10-7-9(14-15-10)8-5-3-2-4-6-8/h2-7,10H,1H3. The first-order valence-corrected chi connectivity index (χ1v) is 4.49. The summed E-state index contributed by atoms with van der Waals surface area (Å²) in [5, 5.41) is 0. The van der Waals surface area contributed by atoms with E-state index in [0.29, 0.717) is 5.76 Å². The highest BCUT2D eigenvalue weighted by Crippen LogP contribution is 2.24. The van der Waals surface area contributed by atoms with Crippen LogP contribution in [0.3, 0.4) is 0 Å². The Hall–Kier alpha value is -1.81. The first-order valence-electron chi connectivity index (χ1n) is 4.49. The van der Waals surface area contributed by atoms with Crippen LogP contribution in [0.2, 0.25) is 0 Å². The minimum absolute atomic E-state index is 0.471. The fourth-order valence-electron chi connectivity index (χ4n) is 1.27. The van der Waals surface area contributed by atoms with E-state index in [-0.39, 0.29) is 0 Å². The zero-order chi connectivity index (χ0) is 10.7. The van der Waals surface area contributed by atoms with Crippen LogP contribution in [0.25, 0.3) is 5.76 Å². The molecule has 15 heavy (non-hydrogen) atoms. The van der Waals surface area contributed by atoms with E-state index >= 15 is 0 Å². The van der Waals surface area contributed by atoms with E-state index < -0.39 is 12.1 Å². The normalized spacial score (nSPS) is 19.3. The van der Waals surface area contributed by atoms with Gasteiger partial charge in [0.05, 0.1) is 7.11 Å². The molecule has 78 valence electrons. The van der Waals surface area contributed by atoms with Crippen LogP contribution in [0.1, 0.15) is 5.56 Å². The predicted octanol–water partition coefficient (Wildman–Crippen LogP) is 1.53. The average Bonchev–Trinajstić information content (AvgIpc) is 2.78. The van der Waals surface area contributed by atoms with Gasteiger partial charge in [-0.3, -0.25) is 0 Å². The quantitative estimate of drug-likeness (QED) is 0.543. The number of carbonyl (C=O) groups excluding carboxylic acids is 1. The third-order valence-electron chi connectivity index (χ3n) is 2.04. The van der Waals surface area contributed by atoms with Gasteiger partial charge in [-0.1, -0.05) is 30.3 Å². The van der Waals surface area contributed by atoms with Gasteiger partial charge in [-0.2, -0.15) is 4.89 Å². The van der Waals surface area contributed by atoms with Crippen molar-refractivity contribution in [2.75, 3.05) is 7.11 Å². The smallest absolute Gasteiger partial charge is 0.343 e. The van der Waals surface area contributed by atoms with Crippen molar-refractivity contribution in [3.05, 3.63) is 42.0 Å². The van der Waals surface area contributed by atoms with Crippen molar-refractivity contribution in [3.8, 4) is 0 Å². The van der Waals surface area contributed by atoms with Crippen LogP contribution in [0.4, 0.5) is 0 Å². The Labute approximate surface area is 87.0 Å². The van der Waals surface area contributed by atoms with E-state index in [4.69, 9.17) is 9.78 Å². The monoisotopic (exact) mass is 206 g/mol. The Kier molecular flexibility index (Phi) is 2.69. The largest absolute Gasteiger partial charge is 0.467 e. The Morgan fingerprint density at radius 1 is 1.33 bits per heavy atom. The lowest BCUT2D eigenvalue weighted by atomic mass is 10.1. The lowest BCUT2D eigenvalue weighted by Gasteiger charge is -2.02. The van der Waals surface area contributed by atoms with Crippen molar-refractivity contribution in [3.63, 3.8) is 0 Å². The van der Waals surface area contributed by atoms with E-state index in [1.165, 1.54) is 7.11 Å². The molecule has 0 saturated heterocycles. The molecule has 0 amide bonds. The maximum absolute atomic E-state index is 11.1. The van der Waals surface area contributed by atoms with E-state index in [2.05, 4.69) is 4.74 Å². The lowest BCUT2D eigenvalue weighted by molar-refractivity contribution is -0.244. The van der Waals surface area contributed by atoms with Crippen molar-refractivity contribution in [2.45, 2.75) is 6.10 Å². The lowest BCUT2D eigenvalue weighted by Crippen LogP contribution is -2.19. The van der Waals surface area contributed by atoms with Crippen molar-refractivity contribution in [1.29, 1.82) is 0 Å². The fourth-order valence-corrected chi connectivity index (χ4v) is 1.27. The molecule has 0 spiro atoms. The van der Waals surface area contributed by atoms with Crippen LogP contribution >= 0.6 is 0 Å². The third kappa shape index (κ3) is 1.99. The summed E-state index contributed by atoms with van der Waals surface area (Å²) in [5.74, 6) is 0.0620. The Bertz CT molecular complexity index is 383. The SMILES string of the molecule is COC(=O)C1C=C(c2ccccc2)OO1. The highest BCUT2D eigenvalue weighted by atomic mass is 17.2. The molecule has 0 N–H and O–H groups in total. The van der Waals surface area contributed by atoms with Crippen LogP contribution in [-0.4, -0.2) is 19.2 Å². The van der Waals surface area contributed by atoms with E-state index in [1.807, 2.05) is 30.3 Å². The average molecular weight is 206 g/mol. The topological polar surface area (TPSA) is 44.8 Å². The highest BCUT2D eigenvalue weighted by molar-refractivity contribution is 5.80. The summed E-state index contributed by atoms with van der Waals surface area (Å²) in [7, 11) is 1.31. The summed E-state index contributed by atoms with van der Waals surface area (Å²) in [6.07, 6.45) is 0.812. The molecular weight excluding hydrogens is 196 g/mol. The van der Waals surface area contributed by atoms with Crippen molar-refractivity contribution in [2.24, 2.45) is 0 Å². The van der Waals surface area contributed by atoms with Gasteiger partial charge in [0.2, 0.25) is 6.10 Å². The van der Waals surface area contributed by atoms with Gasteiger partial charge in [-0.25, -0.2) is 4.79 Å². The van der Waals surface area contributed by atoms with Crippen LogP contribution in [0.15, 0.2) is 36.4 Å². The zero-order valence-corrected chi connectivity index (χ0v) is 8.17. The highest BCUT2D eigenvalue weighted by Gasteiger charge is 2.27. The Morgan fingerprint density at radius 3 is 2.73 bits per heavy atom. The summed E-state index contributed by atoms with van der Waals surface area (Å²) in [6, 6.07) is 9.40. The molecule has 1 atom stereocenters. The Balaban J connectivity index is 2.17. The molecule has 1 unspecified atom stereocenters. The number of carbonyl (C=O) groups is 1. The second kappa shape index (κ2) is 4.14. The molecule has 0 saturated carbocycles. The maximum Gasteiger partial charge on any atom is 0.343 e. The first kappa shape index (κ1) is 9.73. The van der Waals surface area contributed by atoms with Gasteiger partial charge in [0.1, 0.15) is 0 Å². The molecule has 0 radical (unpaired) electrons. The van der Waals surface area contributed by atoms with Crippen LogP contribution in [-0.2, 0) is 19.3 Å². The fraction of sp³-hybridized carbons (Fsp3) is 0.182. The summed E-state index contributed by atoms with van der Waals surface area (Å²) < 4.78 is 4.53. The molecule has 4 heteroatoms. The van der Waals surface area contributed by atoms with Crippen LogP contribution < -0.4 is 0 Å². The zero-order valence-electron chi connectivity index (χ0n) is 8.17. The summed E-state index contributed by atoms with van der Waals surface area (Å²) in [6.45, 7) is 0. The van der Waals surface area contributed by atoms with Crippen molar-refractivity contribution < 1.29 is 19.3 Å². The van der Waals surface area contributed by atoms with Gasteiger partial charge < -0.3 is 9.62 Å². The van der Waals surface area contributed by atoms with Crippen molar-refractivity contribution >= 4 is 11.7 Å². The van der Waals surface area contributed by atoms with Gasteiger partial charge in [0, 0.05) is 11.6 Å². The van der Waals surface area contributed by atoms with Crippen molar-refractivity contribution in [1.82, 2.24) is 0 Å². The number of esters is 1. The summed E-state index contributed by atoms with van der Waals surface area (Å²) in [5.41, 5.74) is 0.865. The van der Waals surface area contributed by atoms with E-state index in [1.54, 1.807) is 6.08 Å². The molecule has 0 aromatic heterocycles. The number of hydrogen-bond acceptors (Lipinski definition) is 4. The number of rotatable bonds is 2. The number of ether oxygens (including phenoxy) is 1. The van der Waals surface area contributed by atoms with Gasteiger partial charge >= 0.3 is 5.97 Å². The molecule has 1 aromatic rings. The van der Waals surface area contributed by atoms with Gasteiger partial charge in [0.15, 0.2) is 5.76 Å². The molecule has 0 bridgehead atoms. The third-order valence-corrected chi connectivity index (χ3v) is 2.04. The molecule has 1 aliphatic rings. The molecule has 1 aromatic carbocycles. The van der Waals surface area contributed by atoms with Crippen LogP contribution in [0, 0.1) is 0 Å². The minimum atomic E-state index is -0.773. The summed E-state index contributed by atoms with van der Waals surface area (Å²) >= 11 is 0. The number of methoxy groups -OCH3 is 1. The molecule has 1 aliphatic heterocycles. The molecule has 1 heterocycles. The van der Waals surface area contributed by atoms with Crippen LogP contribution in [0.5, 0.6) is 0 Å².